The SMILES string of the molecule is CC(=NNC(=O)[C@@H]1C[C@@H]1c1ccc(C(C)(C)C)cc1)c1ccc2c(c1)CCCC2. The number of carbonyl (C=O) groups excluding carboxylic acids is 1. The topological polar surface area (TPSA) is 41.5 Å². The number of nitrogens with one attached hydrogen (secondary N) is 1. The van der Waals surface area contributed by atoms with E-state index in [0.717, 1.165) is 24.1 Å². The van der Waals surface area contributed by atoms with Gasteiger partial charge in [0.1, 0.15) is 0 Å². The van der Waals surface area contributed by atoms with Gasteiger partial charge >= 0.3 is 0 Å². The Balaban J connectivity index is 1.36. The molecule has 2 aromatic carbocycles. The normalized spacial score (nSPS) is 21.4. The van der Waals surface area contributed by atoms with E-state index in [4.69, 9.17) is 0 Å². The Morgan fingerprint density at radius 2 is 1.69 bits per heavy atom. The van der Waals surface area contributed by atoms with Crippen molar-refractivity contribution in [2.75, 3.05) is 0 Å². The second-order valence-electron chi connectivity index (χ2n) is 9.68. The molecule has 0 aliphatic heterocycles. The number of benzene rings is 2. The number of carbonyl (C=O) groups is 1. The molecule has 1 fully saturated rings. The maximum absolute atomic E-state index is 12.6. The average Bonchev–Trinajstić information content (AvgIpc) is 3.52. The Bertz CT molecular complexity index is 934. The molecule has 0 bridgehead atoms. The van der Waals surface area contributed by atoms with Crippen molar-refractivity contribution in [3.05, 3.63) is 70.3 Å². The summed E-state index contributed by atoms with van der Waals surface area (Å²) in [6.07, 6.45) is 5.80. The van der Waals surface area contributed by atoms with Crippen LogP contribution in [0.5, 0.6) is 0 Å². The van der Waals surface area contributed by atoms with Gasteiger partial charge in [-0.2, -0.15) is 5.10 Å². The molecule has 2 aromatic rings. The lowest BCUT2D eigenvalue weighted by molar-refractivity contribution is -0.122. The van der Waals surface area contributed by atoms with E-state index in [1.54, 1.807) is 0 Å². The summed E-state index contributed by atoms with van der Waals surface area (Å²) >= 11 is 0. The second-order valence-corrected chi connectivity index (χ2v) is 9.68. The van der Waals surface area contributed by atoms with Gasteiger partial charge in [0, 0.05) is 5.92 Å². The van der Waals surface area contributed by atoms with Crippen LogP contribution in [-0.2, 0) is 23.1 Å². The van der Waals surface area contributed by atoms with Gasteiger partial charge in [0.25, 0.3) is 0 Å². The molecule has 2 aliphatic rings. The number of hydrogen-bond acceptors (Lipinski definition) is 2. The van der Waals surface area contributed by atoms with Crippen molar-refractivity contribution in [2.45, 2.75) is 71.1 Å². The summed E-state index contributed by atoms with van der Waals surface area (Å²) in [5, 5.41) is 4.40. The molecule has 0 saturated heterocycles. The van der Waals surface area contributed by atoms with Crippen LogP contribution in [0, 0.1) is 5.92 Å². The van der Waals surface area contributed by atoms with E-state index in [0.29, 0.717) is 5.92 Å². The predicted molar refractivity (Wildman–Crippen MR) is 119 cm³/mol. The molecule has 152 valence electrons. The van der Waals surface area contributed by atoms with Gasteiger partial charge in [-0.15, -0.1) is 0 Å². The standard InChI is InChI=1S/C26H32N2O/c1-17(20-10-9-18-7-5-6-8-21(18)15-20)27-28-25(29)24-16-23(24)19-11-13-22(14-12-19)26(2,3)4/h9-15,23-24H,5-8,16H2,1-4H3,(H,28,29)/t23-,24-/m1/s1. The minimum absolute atomic E-state index is 0.0345. The number of hydrazone groups is 1. The lowest BCUT2D eigenvalue weighted by Gasteiger charge is -2.19. The number of hydrogen-bond donors (Lipinski definition) is 1. The van der Waals surface area contributed by atoms with Crippen LogP contribution in [0.2, 0.25) is 0 Å². The van der Waals surface area contributed by atoms with Crippen LogP contribution in [0.3, 0.4) is 0 Å². The fourth-order valence-corrected chi connectivity index (χ4v) is 4.33. The predicted octanol–water partition coefficient (Wildman–Crippen LogP) is 5.51. The quantitative estimate of drug-likeness (QED) is 0.545. The summed E-state index contributed by atoms with van der Waals surface area (Å²) in [4.78, 5) is 12.6. The van der Waals surface area contributed by atoms with Crippen LogP contribution in [0.4, 0.5) is 0 Å². The maximum atomic E-state index is 12.6. The molecule has 2 aliphatic carbocycles. The zero-order chi connectivity index (χ0) is 20.6. The first-order valence-corrected chi connectivity index (χ1v) is 10.9. The van der Waals surface area contributed by atoms with E-state index in [-0.39, 0.29) is 17.2 Å². The van der Waals surface area contributed by atoms with E-state index in [9.17, 15) is 4.79 Å². The molecule has 0 radical (unpaired) electrons. The number of fused-ring (bicyclic) bond motifs is 1. The summed E-state index contributed by atoms with van der Waals surface area (Å²) in [5.41, 5.74) is 10.4. The van der Waals surface area contributed by atoms with Crippen LogP contribution in [-0.4, -0.2) is 11.6 Å². The number of aryl methyl sites for hydroxylation is 2. The first kappa shape index (κ1) is 19.9. The largest absolute Gasteiger partial charge is 0.273 e. The smallest absolute Gasteiger partial charge is 0.243 e. The minimum atomic E-state index is 0.0345. The minimum Gasteiger partial charge on any atom is -0.273 e. The summed E-state index contributed by atoms with van der Waals surface area (Å²) in [7, 11) is 0. The third-order valence-corrected chi connectivity index (χ3v) is 6.43. The first-order valence-electron chi connectivity index (χ1n) is 10.9. The van der Waals surface area contributed by atoms with Gasteiger partial charge < -0.3 is 0 Å². The van der Waals surface area contributed by atoms with Crippen molar-refractivity contribution in [3.8, 4) is 0 Å². The average molecular weight is 389 g/mol. The molecule has 0 unspecified atom stereocenters. The highest BCUT2D eigenvalue weighted by Gasteiger charge is 2.44. The van der Waals surface area contributed by atoms with Crippen molar-refractivity contribution < 1.29 is 4.79 Å². The highest BCUT2D eigenvalue weighted by molar-refractivity contribution is 5.99. The van der Waals surface area contributed by atoms with Crippen LogP contribution >= 0.6 is 0 Å². The summed E-state index contributed by atoms with van der Waals surface area (Å²) in [6, 6.07) is 15.4. The third-order valence-electron chi connectivity index (χ3n) is 6.43. The molecule has 1 amide bonds. The highest BCUT2D eigenvalue weighted by atomic mass is 16.2. The number of rotatable bonds is 4. The highest BCUT2D eigenvalue weighted by Crippen LogP contribution is 2.47. The van der Waals surface area contributed by atoms with E-state index < -0.39 is 0 Å². The Hall–Kier alpha value is -2.42. The number of amides is 1. The molecule has 3 nitrogen and oxygen atoms in total. The number of nitrogens with zero attached hydrogens (tertiary/aromatic N) is 1. The molecule has 3 heteroatoms. The summed E-state index contributed by atoms with van der Waals surface area (Å²) in [6.45, 7) is 8.63. The molecule has 0 spiro atoms. The third kappa shape index (κ3) is 4.44. The van der Waals surface area contributed by atoms with Crippen molar-refractivity contribution >= 4 is 11.6 Å². The van der Waals surface area contributed by atoms with Gasteiger partial charge in [-0.25, -0.2) is 5.43 Å². The van der Waals surface area contributed by atoms with Crippen molar-refractivity contribution in [3.63, 3.8) is 0 Å². The summed E-state index contributed by atoms with van der Waals surface area (Å²) < 4.78 is 0. The van der Waals surface area contributed by atoms with Gasteiger partial charge in [0.15, 0.2) is 0 Å². The van der Waals surface area contributed by atoms with Crippen molar-refractivity contribution in [1.82, 2.24) is 5.43 Å². The van der Waals surface area contributed by atoms with Gasteiger partial charge in [-0.3, -0.25) is 4.79 Å². The van der Waals surface area contributed by atoms with Crippen LogP contribution in [0.15, 0.2) is 47.6 Å². The van der Waals surface area contributed by atoms with Gasteiger partial charge in [-0.1, -0.05) is 57.2 Å². The van der Waals surface area contributed by atoms with Crippen molar-refractivity contribution in [1.29, 1.82) is 0 Å². The second kappa shape index (κ2) is 7.78. The molecule has 1 N–H and O–H groups in total. The Morgan fingerprint density at radius 3 is 2.38 bits per heavy atom. The van der Waals surface area contributed by atoms with Gasteiger partial charge in [0.2, 0.25) is 5.91 Å². The van der Waals surface area contributed by atoms with Crippen LogP contribution < -0.4 is 5.43 Å². The van der Waals surface area contributed by atoms with E-state index in [1.807, 2.05) is 6.92 Å². The molecule has 4 rings (SSSR count). The van der Waals surface area contributed by atoms with Crippen LogP contribution in [0.25, 0.3) is 0 Å². The zero-order valence-electron chi connectivity index (χ0n) is 18.1. The van der Waals surface area contributed by atoms with E-state index in [2.05, 4.69) is 73.8 Å². The lowest BCUT2D eigenvalue weighted by atomic mass is 9.86. The zero-order valence-corrected chi connectivity index (χ0v) is 18.1. The molecule has 29 heavy (non-hydrogen) atoms. The molecular formula is C26H32N2O. The van der Waals surface area contributed by atoms with Crippen molar-refractivity contribution in [2.24, 2.45) is 11.0 Å². The fraction of sp³-hybridized carbons (Fsp3) is 0.462. The Morgan fingerprint density at radius 1 is 1.00 bits per heavy atom. The molecular weight excluding hydrogens is 356 g/mol. The monoisotopic (exact) mass is 388 g/mol. The molecule has 2 atom stereocenters. The molecule has 0 heterocycles. The Kier molecular flexibility index (Phi) is 5.33. The fourth-order valence-electron chi connectivity index (χ4n) is 4.33. The lowest BCUT2D eigenvalue weighted by Crippen LogP contribution is -2.21. The maximum Gasteiger partial charge on any atom is 0.243 e. The molecule has 1 saturated carbocycles. The molecule has 0 aromatic heterocycles. The van der Waals surface area contributed by atoms with E-state index in [1.165, 1.54) is 41.5 Å². The van der Waals surface area contributed by atoms with E-state index >= 15 is 0 Å². The summed E-state index contributed by atoms with van der Waals surface area (Å²) in [5.74, 6) is 0.394. The van der Waals surface area contributed by atoms with Gasteiger partial charge in [-0.05, 0) is 84.2 Å². The van der Waals surface area contributed by atoms with Crippen LogP contribution in [0.1, 0.15) is 80.7 Å². The van der Waals surface area contributed by atoms with Gasteiger partial charge in [0.05, 0.1) is 5.71 Å². The Labute approximate surface area is 174 Å². The first-order chi connectivity index (χ1) is 13.8.